The predicted molar refractivity (Wildman–Crippen MR) is 154 cm³/mol. The van der Waals surface area contributed by atoms with Crippen molar-refractivity contribution in [1.29, 1.82) is 5.41 Å². The third-order valence-electron chi connectivity index (χ3n) is 6.43. The summed E-state index contributed by atoms with van der Waals surface area (Å²) < 4.78 is 0.969. The van der Waals surface area contributed by atoms with Gasteiger partial charge in [-0.05, 0) is 55.3 Å². The van der Waals surface area contributed by atoms with Crippen LogP contribution in [-0.2, 0) is 4.79 Å². The molecule has 14 heteroatoms. The molecule has 0 bridgehead atoms. The first kappa shape index (κ1) is 28.7. The van der Waals surface area contributed by atoms with Crippen molar-refractivity contribution in [3.63, 3.8) is 0 Å². The Labute approximate surface area is 238 Å². The number of thiazole rings is 1. The highest BCUT2D eigenvalue weighted by Crippen LogP contribution is 2.37. The Hall–Kier alpha value is -3.26. The van der Waals surface area contributed by atoms with Crippen LogP contribution >= 0.6 is 34.3 Å². The molecular weight excluding hydrogens is 560 g/mol. The maximum absolute atomic E-state index is 13.5. The van der Waals surface area contributed by atoms with Crippen molar-refractivity contribution in [2.75, 3.05) is 20.1 Å². The van der Waals surface area contributed by atoms with Gasteiger partial charge in [-0.2, -0.15) is 0 Å². The van der Waals surface area contributed by atoms with Gasteiger partial charge in [0.05, 0.1) is 10.9 Å². The molecule has 208 valence electrons. The first-order valence-corrected chi connectivity index (χ1v) is 14.5. The van der Waals surface area contributed by atoms with E-state index in [1.807, 2.05) is 18.2 Å². The van der Waals surface area contributed by atoms with Crippen LogP contribution in [0, 0.1) is 5.41 Å². The summed E-state index contributed by atoms with van der Waals surface area (Å²) in [6.07, 6.45) is 2.28. The summed E-state index contributed by atoms with van der Waals surface area (Å²) in [7, 11) is 1.51. The van der Waals surface area contributed by atoms with E-state index < -0.39 is 11.9 Å². The highest BCUT2D eigenvalue weighted by molar-refractivity contribution is 7.20. The number of guanidine groups is 1. The lowest BCUT2D eigenvalue weighted by atomic mass is 10.1. The molecular formula is C25H31ClN8O3S2. The van der Waals surface area contributed by atoms with Gasteiger partial charge in [0.25, 0.3) is 11.8 Å². The van der Waals surface area contributed by atoms with E-state index in [9.17, 15) is 14.4 Å². The fourth-order valence-electron chi connectivity index (χ4n) is 4.50. The van der Waals surface area contributed by atoms with Gasteiger partial charge in [-0.1, -0.05) is 11.6 Å². The number of rotatable bonds is 10. The number of benzene rings is 1. The van der Waals surface area contributed by atoms with Crippen molar-refractivity contribution in [3.8, 4) is 0 Å². The van der Waals surface area contributed by atoms with E-state index in [1.54, 1.807) is 16.3 Å². The smallest absolute Gasteiger partial charge is 0.271 e. The molecule has 11 nitrogen and oxygen atoms in total. The molecule has 1 fully saturated rings. The molecule has 3 aromatic rings. The fourth-order valence-corrected chi connectivity index (χ4v) is 6.61. The van der Waals surface area contributed by atoms with Gasteiger partial charge < -0.3 is 32.3 Å². The standard InChI is InChI=1S/C25H31ClN8O3S2/c1-30-21(35)16(4-2-3-7-31-25(28)29)32-22(36)17-12-38-23(33-17)18-10-15(27)11-34(18)24(37)20-9-13-8-14(26)5-6-19(13)39-20/h5-6,8-9,12,15-16,18H,2-4,7,10-11,27H2,1H3,(H,30,35)(H,32,36)(H4,28,29,31)/t15-,16?,18+/m1/s1. The van der Waals surface area contributed by atoms with E-state index in [0.717, 1.165) is 10.1 Å². The Morgan fingerprint density at radius 1 is 1.28 bits per heavy atom. The predicted octanol–water partition coefficient (Wildman–Crippen LogP) is 2.42. The molecule has 39 heavy (non-hydrogen) atoms. The second-order valence-corrected chi connectivity index (χ2v) is 11.7. The normalized spacial score (nSPS) is 17.7. The van der Waals surface area contributed by atoms with Crippen LogP contribution in [0.25, 0.3) is 10.1 Å². The maximum atomic E-state index is 13.5. The summed E-state index contributed by atoms with van der Waals surface area (Å²) in [5.74, 6) is -1.01. The first-order valence-electron chi connectivity index (χ1n) is 12.5. The number of unbranched alkanes of at least 4 members (excludes halogenated alkanes) is 1. The van der Waals surface area contributed by atoms with Gasteiger partial charge in [0, 0.05) is 41.3 Å². The number of carbonyl (C=O) groups excluding carboxylic acids is 3. The average Bonchev–Trinajstić information content (AvgIpc) is 3.64. The molecule has 8 N–H and O–H groups in total. The zero-order valence-corrected chi connectivity index (χ0v) is 23.7. The number of hydrogen-bond donors (Lipinski definition) is 6. The monoisotopic (exact) mass is 590 g/mol. The number of amides is 3. The highest BCUT2D eigenvalue weighted by atomic mass is 35.5. The lowest BCUT2D eigenvalue weighted by Gasteiger charge is -2.22. The van der Waals surface area contributed by atoms with E-state index in [1.165, 1.54) is 29.7 Å². The molecule has 1 unspecified atom stereocenters. The molecule has 0 spiro atoms. The highest BCUT2D eigenvalue weighted by Gasteiger charge is 2.37. The minimum Gasteiger partial charge on any atom is -0.370 e. The Bertz CT molecular complexity index is 1380. The number of likely N-dealkylation sites (tertiary alicyclic amines) is 1. The van der Waals surface area contributed by atoms with Gasteiger partial charge in [-0.15, -0.1) is 22.7 Å². The maximum Gasteiger partial charge on any atom is 0.271 e. The lowest BCUT2D eigenvalue weighted by Crippen LogP contribution is -2.45. The molecule has 3 heterocycles. The number of halogens is 1. The summed E-state index contributed by atoms with van der Waals surface area (Å²) in [6, 6.07) is 6.07. The molecule has 3 amide bonds. The minimum atomic E-state index is -0.732. The van der Waals surface area contributed by atoms with Crippen molar-refractivity contribution in [2.45, 2.75) is 43.8 Å². The molecule has 1 aromatic carbocycles. The van der Waals surface area contributed by atoms with Gasteiger partial charge in [0.1, 0.15) is 16.7 Å². The summed E-state index contributed by atoms with van der Waals surface area (Å²) in [5, 5.41) is 19.0. The van der Waals surface area contributed by atoms with Gasteiger partial charge in [-0.3, -0.25) is 19.8 Å². The Morgan fingerprint density at radius 3 is 2.82 bits per heavy atom. The number of nitrogens with two attached hydrogens (primary N) is 2. The van der Waals surface area contributed by atoms with Gasteiger partial charge in [-0.25, -0.2) is 4.98 Å². The third-order valence-corrected chi connectivity index (χ3v) is 8.71. The molecule has 0 aliphatic carbocycles. The second-order valence-electron chi connectivity index (χ2n) is 9.31. The van der Waals surface area contributed by atoms with Crippen LogP contribution in [0.4, 0.5) is 0 Å². The van der Waals surface area contributed by atoms with Crippen LogP contribution in [0.3, 0.4) is 0 Å². The van der Waals surface area contributed by atoms with Crippen LogP contribution in [0.2, 0.25) is 5.02 Å². The number of thiophene rings is 1. The van der Waals surface area contributed by atoms with Crippen molar-refractivity contribution in [2.24, 2.45) is 11.5 Å². The van der Waals surface area contributed by atoms with Crippen molar-refractivity contribution >= 4 is 68.0 Å². The third kappa shape index (κ3) is 7.04. The molecule has 1 aliphatic rings. The van der Waals surface area contributed by atoms with Gasteiger partial charge in [0.2, 0.25) is 5.91 Å². The van der Waals surface area contributed by atoms with E-state index >= 15 is 0 Å². The van der Waals surface area contributed by atoms with E-state index in [2.05, 4.69) is 20.9 Å². The van der Waals surface area contributed by atoms with Crippen LogP contribution in [0.15, 0.2) is 29.6 Å². The van der Waals surface area contributed by atoms with Crippen molar-refractivity contribution in [3.05, 3.63) is 50.2 Å². The Balaban J connectivity index is 1.43. The molecule has 0 saturated carbocycles. The molecule has 0 radical (unpaired) electrons. The Morgan fingerprint density at radius 2 is 2.08 bits per heavy atom. The zero-order valence-electron chi connectivity index (χ0n) is 21.3. The van der Waals surface area contributed by atoms with E-state index in [-0.39, 0.29) is 35.6 Å². The molecule has 2 aromatic heterocycles. The number of aromatic nitrogens is 1. The van der Waals surface area contributed by atoms with Crippen LogP contribution in [-0.4, -0.2) is 65.8 Å². The van der Waals surface area contributed by atoms with Gasteiger partial charge >= 0.3 is 0 Å². The quantitative estimate of drug-likeness (QED) is 0.119. The summed E-state index contributed by atoms with van der Waals surface area (Å²) in [4.78, 5) is 45.7. The van der Waals surface area contributed by atoms with Crippen molar-refractivity contribution < 1.29 is 14.4 Å². The van der Waals surface area contributed by atoms with Crippen LogP contribution in [0.5, 0.6) is 0 Å². The second kappa shape index (κ2) is 12.7. The average molecular weight is 591 g/mol. The zero-order chi connectivity index (χ0) is 28.1. The lowest BCUT2D eigenvalue weighted by molar-refractivity contribution is -0.122. The molecule has 3 atom stereocenters. The number of likely N-dealkylation sites (N-methyl/N-ethyl adjacent to an activating group) is 1. The molecule has 4 rings (SSSR count). The van der Waals surface area contributed by atoms with Crippen LogP contribution in [0.1, 0.15) is 56.9 Å². The van der Waals surface area contributed by atoms with E-state index in [4.69, 9.17) is 28.5 Å². The van der Waals surface area contributed by atoms with Crippen LogP contribution < -0.4 is 27.4 Å². The van der Waals surface area contributed by atoms with Gasteiger partial charge in [0.15, 0.2) is 5.96 Å². The first-order chi connectivity index (χ1) is 18.7. The van der Waals surface area contributed by atoms with E-state index in [0.29, 0.717) is 53.7 Å². The number of carbonyl (C=O) groups is 3. The summed E-state index contributed by atoms with van der Waals surface area (Å²) in [5.41, 5.74) is 11.7. The fraction of sp³-hybridized carbons (Fsp3) is 0.400. The number of nitrogens with one attached hydrogen (secondary N) is 4. The molecule has 1 saturated heterocycles. The topological polar surface area (TPSA) is 179 Å². The number of nitrogens with zero attached hydrogens (tertiary/aromatic N) is 2. The minimum absolute atomic E-state index is 0.109. The number of fused-ring (bicyclic) bond motifs is 1. The molecule has 1 aliphatic heterocycles. The summed E-state index contributed by atoms with van der Waals surface area (Å²) in [6.45, 7) is 0.893. The SMILES string of the molecule is CNC(=O)C(CCCCNC(=N)N)NC(=O)c1csc([C@@H]2C[C@@H](N)CN2C(=O)c2cc3cc(Cl)ccc3s2)n1. The summed E-state index contributed by atoms with van der Waals surface area (Å²) >= 11 is 8.80. The number of hydrogen-bond acceptors (Lipinski definition) is 8. The largest absolute Gasteiger partial charge is 0.370 e. The Kier molecular flexibility index (Phi) is 9.38. The van der Waals surface area contributed by atoms with Crippen molar-refractivity contribution in [1.82, 2.24) is 25.8 Å².